The monoisotopic (exact) mass is 432 g/mol. The van der Waals surface area contributed by atoms with Crippen LogP contribution in [-0.2, 0) is 21.0 Å². The van der Waals surface area contributed by atoms with Crippen LogP contribution < -0.4 is 0 Å². The zero-order chi connectivity index (χ0) is 22.7. The maximum absolute atomic E-state index is 11.1. The minimum absolute atomic E-state index is 0.0143. The van der Waals surface area contributed by atoms with E-state index in [2.05, 4.69) is 51.1 Å². The van der Waals surface area contributed by atoms with E-state index in [-0.39, 0.29) is 12.0 Å². The third-order valence-corrected chi connectivity index (χ3v) is 6.56. The summed E-state index contributed by atoms with van der Waals surface area (Å²) in [5.74, 6) is 0.409. The van der Waals surface area contributed by atoms with E-state index in [0.29, 0.717) is 18.3 Å². The van der Waals surface area contributed by atoms with Gasteiger partial charge in [0.1, 0.15) is 11.2 Å². The normalized spacial score (nSPS) is 25.4. The summed E-state index contributed by atoms with van der Waals surface area (Å²) < 4.78 is 0. The molecule has 0 saturated carbocycles. The van der Waals surface area contributed by atoms with Gasteiger partial charge in [0.25, 0.3) is 0 Å². The fraction of sp³-hybridized carbons (Fsp3) is 0.741. The Morgan fingerprint density at radius 3 is 2.23 bits per heavy atom. The Hall–Kier alpha value is -1.39. The van der Waals surface area contributed by atoms with Crippen LogP contribution in [0, 0.1) is 11.8 Å². The van der Waals surface area contributed by atoms with Gasteiger partial charge in [-0.2, -0.15) is 0 Å². The molecule has 4 atom stereocenters. The van der Waals surface area contributed by atoms with Gasteiger partial charge in [-0.05, 0) is 56.9 Å². The summed E-state index contributed by atoms with van der Waals surface area (Å²) in [6.45, 7) is 8.53. The van der Waals surface area contributed by atoms with Crippen molar-refractivity contribution in [2.45, 2.75) is 116 Å². The highest BCUT2D eigenvalue weighted by Gasteiger charge is 2.47. The lowest BCUT2D eigenvalue weighted by Crippen LogP contribution is -2.32. The van der Waals surface area contributed by atoms with Crippen molar-refractivity contribution in [3.8, 4) is 0 Å². The standard InChI is InChI=1S/C27H44O4/c1-22(14-10-7-5-6-8-11-15-24-16-12-9-13-17-24)18-23(2)19-26(3)21-27(4,31-30-26)20-25(28)29/h9,12-13,16-17,22-23H,5-8,10-11,14-15,18-21H2,1-4H3,(H,28,29)/t22?,23?,26-,27-/m0/s1. The molecular formula is C27H44O4. The number of benzene rings is 1. The van der Waals surface area contributed by atoms with Crippen molar-refractivity contribution in [2.24, 2.45) is 11.8 Å². The molecule has 1 fully saturated rings. The SMILES string of the molecule is CC(CCCCCCCCc1ccccc1)CC(C)C[C@@]1(C)C[C@](C)(CC(=O)O)OO1. The largest absolute Gasteiger partial charge is 0.481 e. The predicted octanol–water partition coefficient (Wildman–Crippen LogP) is 7.36. The Balaban J connectivity index is 1.52. The summed E-state index contributed by atoms with van der Waals surface area (Å²) in [5.41, 5.74) is 0.358. The third kappa shape index (κ3) is 10.2. The molecule has 1 heterocycles. The summed E-state index contributed by atoms with van der Waals surface area (Å²) in [6.07, 6.45) is 13.2. The van der Waals surface area contributed by atoms with Crippen LogP contribution in [0.2, 0.25) is 0 Å². The van der Waals surface area contributed by atoms with Gasteiger partial charge in [0, 0.05) is 6.42 Å². The van der Waals surface area contributed by atoms with Crippen molar-refractivity contribution in [1.29, 1.82) is 0 Å². The van der Waals surface area contributed by atoms with Crippen molar-refractivity contribution < 1.29 is 19.7 Å². The molecule has 31 heavy (non-hydrogen) atoms. The highest BCUT2D eigenvalue weighted by Crippen LogP contribution is 2.42. The van der Waals surface area contributed by atoms with E-state index in [0.717, 1.165) is 6.42 Å². The molecule has 4 heteroatoms. The lowest BCUT2D eigenvalue weighted by atomic mass is 9.80. The molecule has 1 aliphatic heterocycles. The van der Waals surface area contributed by atoms with Gasteiger partial charge in [0.2, 0.25) is 0 Å². The topological polar surface area (TPSA) is 55.8 Å². The maximum Gasteiger partial charge on any atom is 0.306 e. The molecule has 0 aliphatic carbocycles. The number of rotatable bonds is 15. The predicted molar refractivity (Wildman–Crippen MR) is 126 cm³/mol. The Bertz CT molecular complexity index is 646. The number of hydrogen-bond acceptors (Lipinski definition) is 3. The van der Waals surface area contributed by atoms with Crippen LogP contribution >= 0.6 is 0 Å². The van der Waals surface area contributed by atoms with Gasteiger partial charge in [-0.15, -0.1) is 0 Å². The maximum atomic E-state index is 11.1. The van der Waals surface area contributed by atoms with Crippen LogP contribution in [0.3, 0.4) is 0 Å². The first kappa shape index (κ1) is 25.9. The van der Waals surface area contributed by atoms with Gasteiger partial charge in [-0.1, -0.05) is 82.7 Å². The van der Waals surface area contributed by atoms with Crippen molar-refractivity contribution in [3.05, 3.63) is 35.9 Å². The molecular weight excluding hydrogens is 388 g/mol. The molecule has 0 amide bonds. The number of carboxylic acids is 1. The molecule has 0 spiro atoms. The van der Waals surface area contributed by atoms with Crippen LogP contribution in [0.5, 0.6) is 0 Å². The van der Waals surface area contributed by atoms with Crippen LogP contribution in [0.15, 0.2) is 30.3 Å². The highest BCUT2D eigenvalue weighted by molar-refractivity contribution is 5.68. The van der Waals surface area contributed by atoms with E-state index < -0.39 is 11.6 Å². The van der Waals surface area contributed by atoms with Crippen LogP contribution in [0.4, 0.5) is 0 Å². The summed E-state index contributed by atoms with van der Waals surface area (Å²) in [4.78, 5) is 22.1. The lowest BCUT2D eigenvalue weighted by molar-refractivity contribution is -0.346. The number of aliphatic carboxylic acids is 1. The molecule has 1 saturated heterocycles. The van der Waals surface area contributed by atoms with Gasteiger partial charge < -0.3 is 5.11 Å². The molecule has 1 aromatic carbocycles. The van der Waals surface area contributed by atoms with E-state index in [4.69, 9.17) is 14.9 Å². The molecule has 176 valence electrons. The van der Waals surface area contributed by atoms with Gasteiger partial charge in [0.05, 0.1) is 6.42 Å². The molecule has 1 aromatic rings. The quantitative estimate of drug-likeness (QED) is 0.232. The van der Waals surface area contributed by atoms with Crippen LogP contribution in [0.25, 0.3) is 0 Å². The Labute approximate surface area is 189 Å². The van der Waals surface area contributed by atoms with E-state index in [9.17, 15) is 4.79 Å². The number of hydrogen-bond donors (Lipinski definition) is 1. The molecule has 1 aliphatic rings. The number of aryl methyl sites for hydroxylation is 1. The first-order chi connectivity index (χ1) is 14.7. The average Bonchev–Trinajstić information content (AvgIpc) is 2.97. The fourth-order valence-electron chi connectivity index (χ4n) is 5.37. The van der Waals surface area contributed by atoms with E-state index in [1.54, 1.807) is 0 Å². The smallest absolute Gasteiger partial charge is 0.306 e. The van der Waals surface area contributed by atoms with Crippen molar-refractivity contribution in [2.75, 3.05) is 0 Å². The lowest BCUT2D eigenvalue weighted by Gasteiger charge is -2.26. The van der Waals surface area contributed by atoms with E-state index in [1.165, 1.54) is 63.4 Å². The number of unbranched alkanes of at least 4 members (excludes halogenated alkanes) is 5. The molecule has 2 rings (SSSR count). The molecule has 0 radical (unpaired) electrons. The summed E-state index contributed by atoms with van der Waals surface area (Å²) in [5, 5.41) is 9.09. The minimum atomic E-state index is -0.840. The Morgan fingerprint density at radius 1 is 0.935 bits per heavy atom. The van der Waals surface area contributed by atoms with E-state index in [1.807, 2.05) is 6.92 Å². The Morgan fingerprint density at radius 2 is 1.55 bits per heavy atom. The molecule has 0 aromatic heterocycles. The zero-order valence-corrected chi connectivity index (χ0v) is 20.2. The van der Waals surface area contributed by atoms with Crippen molar-refractivity contribution in [1.82, 2.24) is 0 Å². The van der Waals surface area contributed by atoms with Crippen molar-refractivity contribution in [3.63, 3.8) is 0 Å². The second kappa shape index (κ2) is 12.6. The van der Waals surface area contributed by atoms with E-state index >= 15 is 0 Å². The minimum Gasteiger partial charge on any atom is -0.481 e. The molecule has 2 unspecified atom stereocenters. The summed E-state index contributed by atoms with van der Waals surface area (Å²) in [6, 6.07) is 10.8. The summed E-state index contributed by atoms with van der Waals surface area (Å²) >= 11 is 0. The van der Waals surface area contributed by atoms with Gasteiger partial charge >= 0.3 is 5.97 Å². The van der Waals surface area contributed by atoms with Crippen LogP contribution in [-0.4, -0.2) is 22.3 Å². The van der Waals surface area contributed by atoms with Gasteiger partial charge in [-0.25, -0.2) is 9.78 Å². The highest BCUT2D eigenvalue weighted by atomic mass is 17.2. The second-order valence-electron chi connectivity index (χ2n) is 10.6. The first-order valence-corrected chi connectivity index (χ1v) is 12.3. The molecule has 4 nitrogen and oxygen atoms in total. The third-order valence-electron chi connectivity index (χ3n) is 6.56. The zero-order valence-electron chi connectivity index (χ0n) is 20.2. The summed E-state index contributed by atoms with van der Waals surface area (Å²) in [7, 11) is 0. The number of carboxylic acid groups (broad SMARTS) is 1. The molecule has 1 N–H and O–H groups in total. The second-order valence-corrected chi connectivity index (χ2v) is 10.6. The van der Waals surface area contributed by atoms with Crippen molar-refractivity contribution >= 4 is 5.97 Å². The first-order valence-electron chi connectivity index (χ1n) is 12.3. The fourth-order valence-corrected chi connectivity index (χ4v) is 5.37. The average molecular weight is 433 g/mol. The molecule has 0 bridgehead atoms. The number of carbonyl (C=O) groups is 1. The Kier molecular flexibility index (Phi) is 10.5. The van der Waals surface area contributed by atoms with Gasteiger partial charge in [-0.3, -0.25) is 4.79 Å². The van der Waals surface area contributed by atoms with Gasteiger partial charge in [0.15, 0.2) is 0 Å². The van der Waals surface area contributed by atoms with Crippen LogP contribution in [0.1, 0.15) is 104 Å².